The van der Waals surface area contributed by atoms with Crippen LogP contribution < -0.4 is 0 Å². The van der Waals surface area contributed by atoms with Gasteiger partial charge in [-0.05, 0) is 51.3 Å². The molecule has 2 atom stereocenters. The monoisotopic (exact) mass is 401 g/mol. The molecule has 158 valence electrons. The van der Waals surface area contributed by atoms with E-state index in [0.717, 1.165) is 23.5 Å². The molecule has 2 rings (SSSR count). The van der Waals surface area contributed by atoms with E-state index in [4.69, 9.17) is 9.47 Å². The third kappa shape index (κ3) is 5.94. The highest BCUT2D eigenvalue weighted by Gasteiger charge is 2.26. The van der Waals surface area contributed by atoms with Crippen LogP contribution in [0.1, 0.15) is 44.6 Å². The van der Waals surface area contributed by atoms with Crippen LogP contribution in [0.25, 0.3) is 6.08 Å². The van der Waals surface area contributed by atoms with E-state index in [1.165, 1.54) is 6.08 Å². The van der Waals surface area contributed by atoms with Crippen molar-refractivity contribution in [1.29, 1.82) is 5.26 Å². The summed E-state index contributed by atoms with van der Waals surface area (Å²) in [5, 5.41) is 9.42. The Hall–Kier alpha value is -2.59. The summed E-state index contributed by atoms with van der Waals surface area (Å²) >= 11 is 0. The first kappa shape index (κ1) is 22.7. The van der Waals surface area contributed by atoms with Crippen molar-refractivity contribution in [3.63, 3.8) is 0 Å². The van der Waals surface area contributed by atoms with Crippen LogP contribution >= 0.6 is 0 Å². The lowest BCUT2D eigenvalue weighted by atomic mass is 10.1. The molecule has 7 heteroatoms. The highest BCUT2D eigenvalue weighted by atomic mass is 16.5. The number of carbonyl (C=O) groups is 2. The summed E-state index contributed by atoms with van der Waals surface area (Å²) in [6.07, 6.45) is 1.41. The standard InChI is InChI=1S/C22H31N3O4/c1-14(2)10-25-15(3)7-19(18(25)6)8-20(9-23)22(27)28-13-21(26)24-11-16(4)29-17(5)12-24/h7-8,14,16-17H,10-13H2,1-6H3/b20-8+/t16-,17-/m1/s1. The number of aromatic nitrogens is 1. The van der Waals surface area contributed by atoms with E-state index in [0.29, 0.717) is 19.0 Å². The van der Waals surface area contributed by atoms with Gasteiger partial charge in [0.2, 0.25) is 0 Å². The molecule has 0 unspecified atom stereocenters. The number of rotatable bonds is 6. The van der Waals surface area contributed by atoms with Crippen LogP contribution in [0, 0.1) is 31.1 Å². The second kappa shape index (κ2) is 9.75. The Morgan fingerprint density at radius 1 is 1.31 bits per heavy atom. The summed E-state index contributed by atoms with van der Waals surface area (Å²) < 4.78 is 12.9. The fourth-order valence-electron chi connectivity index (χ4n) is 3.59. The molecule has 0 spiro atoms. The zero-order valence-corrected chi connectivity index (χ0v) is 18.2. The molecule has 0 N–H and O–H groups in total. The molecule has 1 aliphatic heterocycles. The fourth-order valence-corrected chi connectivity index (χ4v) is 3.59. The van der Waals surface area contributed by atoms with Crippen molar-refractivity contribution in [1.82, 2.24) is 9.47 Å². The smallest absolute Gasteiger partial charge is 0.349 e. The van der Waals surface area contributed by atoms with Gasteiger partial charge in [-0.3, -0.25) is 4.79 Å². The summed E-state index contributed by atoms with van der Waals surface area (Å²) in [5.41, 5.74) is 2.74. The molecule has 1 aliphatic rings. The van der Waals surface area contributed by atoms with Crippen LogP contribution in [0.2, 0.25) is 0 Å². The predicted molar refractivity (Wildman–Crippen MR) is 110 cm³/mol. The number of carbonyl (C=O) groups excluding carboxylic acids is 2. The van der Waals surface area contributed by atoms with Gasteiger partial charge in [0, 0.05) is 31.0 Å². The molecule has 0 saturated carbocycles. The van der Waals surface area contributed by atoms with Gasteiger partial charge in [0.05, 0.1) is 12.2 Å². The lowest BCUT2D eigenvalue weighted by Crippen LogP contribution is -2.49. The molecule has 0 radical (unpaired) electrons. The van der Waals surface area contributed by atoms with Crippen molar-refractivity contribution in [2.75, 3.05) is 19.7 Å². The molecule has 29 heavy (non-hydrogen) atoms. The topological polar surface area (TPSA) is 84.6 Å². The maximum atomic E-state index is 12.4. The van der Waals surface area contributed by atoms with Gasteiger partial charge in [-0.15, -0.1) is 0 Å². The predicted octanol–water partition coefficient (Wildman–Crippen LogP) is 2.85. The van der Waals surface area contributed by atoms with Crippen LogP contribution in [-0.2, 0) is 25.6 Å². The Morgan fingerprint density at radius 2 is 1.93 bits per heavy atom. The zero-order valence-electron chi connectivity index (χ0n) is 18.2. The Balaban J connectivity index is 2.05. The summed E-state index contributed by atoms with van der Waals surface area (Å²) in [4.78, 5) is 26.3. The number of aryl methyl sites for hydroxylation is 1. The van der Waals surface area contributed by atoms with Gasteiger partial charge in [0.25, 0.3) is 5.91 Å². The van der Waals surface area contributed by atoms with Crippen molar-refractivity contribution in [3.05, 3.63) is 28.6 Å². The molecular weight excluding hydrogens is 370 g/mol. The molecule has 1 aromatic rings. The summed E-state index contributed by atoms with van der Waals surface area (Å²) in [7, 11) is 0. The highest BCUT2D eigenvalue weighted by Crippen LogP contribution is 2.20. The molecular formula is C22H31N3O4. The zero-order chi connectivity index (χ0) is 21.7. The normalized spacial score (nSPS) is 19.9. The number of morpholine rings is 1. The Kier molecular flexibility index (Phi) is 7.63. The first-order valence-electron chi connectivity index (χ1n) is 10.0. The van der Waals surface area contributed by atoms with Gasteiger partial charge in [-0.25, -0.2) is 4.79 Å². The highest BCUT2D eigenvalue weighted by molar-refractivity contribution is 5.99. The quantitative estimate of drug-likeness (QED) is 0.416. The SMILES string of the molecule is Cc1cc(/C=C(\C#N)C(=O)OCC(=O)N2C[C@@H](C)O[C@H](C)C2)c(C)n1CC(C)C. The molecule has 1 saturated heterocycles. The minimum Gasteiger partial charge on any atom is -0.451 e. The Labute approximate surface area is 172 Å². The first-order valence-corrected chi connectivity index (χ1v) is 10.0. The maximum Gasteiger partial charge on any atom is 0.349 e. The number of nitriles is 1. The van der Waals surface area contributed by atoms with Gasteiger partial charge in [0.15, 0.2) is 6.61 Å². The van der Waals surface area contributed by atoms with Crippen molar-refractivity contribution < 1.29 is 19.1 Å². The average Bonchev–Trinajstić information content (AvgIpc) is 2.90. The van der Waals surface area contributed by atoms with Crippen molar-refractivity contribution in [2.45, 2.75) is 60.3 Å². The lowest BCUT2D eigenvalue weighted by Gasteiger charge is -2.35. The molecule has 7 nitrogen and oxygen atoms in total. The second-order valence-electron chi connectivity index (χ2n) is 8.13. The molecule has 1 amide bonds. The number of ether oxygens (including phenoxy) is 2. The van der Waals surface area contributed by atoms with Crippen LogP contribution in [0.3, 0.4) is 0 Å². The van der Waals surface area contributed by atoms with Gasteiger partial charge < -0.3 is 18.9 Å². The van der Waals surface area contributed by atoms with Gasteiger partial charge in [-0.1, -0.05) is 13.8 Å². The van der Waals surface area contributed by atoms with E-state index in [-0.39, 0.29) is 30.3 Å². The molecule has 1 aromatic heterocycles. The second-order valence-corrected chi connectivity index (χ2v) is 8.13. The Bertz CT molecular complexity index is 822. The number of nitrogens with zero attached hydrogens (tertiary/aromatic N) is 3. The molecule has 0 bridgehead atoms. The van der Waals surface area contributed by atoms with Gasteiger partial charge in [0.1, 0.15) is 11.6 Å². The summed E-state index contributed by atoms with van der Waals surface area (Å²) in [5.74, 6) is -0.592. The van der Waals surface area contributed by atoms with Crippen LogP contribution in [0.4, 0.5) is 0 Å². The first-order chi connectivity index (χ1) is 13.6. The van der Waals surface area contributed by atoms with Gasteiger partial charge >= 0.3 is 5.97 Å². The van der Waals surface area contributed by atoms with Gasteiger partial charge in [-0.2, -0.15) is 5.26 Å². The maximum absolute atomic E-state index is 12.4. The lowest BCUT2D eigenvalue weighted by molar-refractivity contribution is -0.154. The van der Waals surface area contributed by atoms with E-state index in [9.17, 15) is 14.9 Å². The fraction of sp³-hybridized carbons (Fsp3) is 0.591. The van der Waals surface area contributed by atoms with Crippen LogP contribution in [0.15, 0.2) is 11.6 Å². The third-order valence-electron chi connectivity index (χ3n) is 4.90. The van der Waals surface area contributed by atoms with E-state index in [1.807, 2.05) is 39.8 Å². The molecule has 0 aromatic carbocycles. The minimum absolute atomic E-state index is 0.0611. The van der Waals surface area contributed by atoms with E-state index < -0.39 is 5.97 Å². The minimum atomic E-state index is -0.788. The van der Waals surface area contributed by atoms with Crippen LogP contribution in [-0.4, -0.2) is 53.2 Å². The van der Waals surface area contributed by atoms with E-state index >= 15 is 0 Å². The van der Waals surface area contributed by atoms with Crippen LogP contribution in [0.5, 0.6) is 0 Å². The average molecular weight is 402 g/mol. The van der Waals surface area contributed by atoms with E-state index in [2.05, 4.69) is 18.4 Å². The number of amides is 1. The summed E-state index contributed by atoms with van der Waals surface area (Å²) in [6.45, 7) is 13.4. The largest absolute Gasteiger partial charge is 0.451 e. The number of esters is 1. The number of hydrogen-bond acceptors (Lipinski definition) is 5. The number of hydrogen-bond donors (Lipinski definition) is 0. The van der Waals surface area contributed by atoms with Crippen molar-refractivity contribution in [2.24, 2.45) is 5.92 Å². The van der Waals surface area contributed by atoms with Crippen molar-refractivity contribution in [3.8, 4) is 6.07 Å². The molecule has 0 aliphatic carbocycles. The summed E-state index contributed by atoms with van der Waals surface area (Å²) in [6, 6.07) is 3.85. The third-order valence-corrected chi connectivity index (χ3v) is 4.90. The Morgan fingerprint density at radius 3 is 2.48 bits per heavy atom. The van der Waals surface area contributed by atoms with E-state index in [1.54, 1.807) is 4.90 Å². The van der Waals surface area contributed by atoms with Crippen molar-refractivity contribution >= 4 is 18.0 Å². The molecule has 1 fully saturated rings. The molecule has 2 heterocycles.